The molecule has 1 aromatic rings. The lowest BCUT2D eigenvalue weighted by Gasteiger charge is -2.22. The van der Waals surface area contributed by atoms with Crippen molar-refractivity contribution in [2.24, 2.45) is 5.92 Å². The summed E-state index contributed by atoms with van der Waals surface area (Å²) >= 11 is 1.93. The Labute approximate surface area is 125 Å². The van der Waals surface area contributed by atoms with Gasteiger partial charge in [-0.3, -0.25) is 4.79 Å². The third kappa shape index (κ3) is 3.44. The van der Waals surface area contributed by atoms with E-state index in [1.807, 2.05) is 17.8 Å². The Hall–Kier alpha value is -0.800. The highest BCUT2D eigenvalue weighted by molar-refractivity contribution is 7.99. The van der Waals surface area contributed by atoms with Crippen molar-refractivity contribution in [2.45, 2.75) is 43.4 Å². The first-order valence-corrected chi connectivity index (χ1v) is 8.81. The van der Waals surface area contributed by atoms with Gasteiger partial charge >= 0.3 is 0 Å². The van der Waals surface area contributed by atoms with Crippen LogP contribution >= 0.6 is 11.8 Å². The quantitative estimate of drug-likeness (QED) is 0.857. The molecule has 3 heteroatoms. The molecule has 108 valence electrons. The molecule has 2 aliphatic rings. The van der Waals surface area contributed by atoms with Crippen molar-refractivity contribution < 1.29 is 4.79 Å². The van der Waals surface area contributed by atoms with Gasteiger partial charge in [0.25, 0.3) is 0 Å². The first kappa shape index (κ1) is 14.2. The number of hydrogen-bond acceptors (Lipinski definition) is 3. The van der Waals surface area contributed by atoms with Gasteiger partial charge in [-0.1, -0.05) is 6.07 Å². The van der Waals surface area contributed by atoms with Crippen LogP contribution in [0, 0.1) is 5.92 Å². The molecule has 2 nitrogen and oxygen atoms in total. The topological polar surface area (TPSA) is 29.1 Å². The van der Waals surface area contributed by atoms with Gasteiger partial charge in [0, 0.05) is 16.9 Å². The molecule has 1 aromatic carbocycles. The lowest BCUT2D eigenvalue weighted by Crippen LogP contribution is -2.28. The summed E-state index contributed by atoms with van der Waals surface area (Å²) in [5.74, 6) is 2.30. The highest BCUT2D eigenvalue weighted by Gasteiger charge is 2.17. The minimum absolute atomic E-state index is 0.335. The monoisotopic (exact) mass is 289 g/mol. The van der Waals surface area contributed by atoms with Crippen molar-refractivity contribution in [1.29, 1.82) is 0 Å². The Balaban J connectivity index is 1.59. The molecule has 1 N–H and O–H groups in total. The van der Waals surface area contributed by atoms with E-state index >= 15 is 0 Å². The summed E-state index contributed by atoms with van der Waals surface area (Å²) in [5.41, 5.74) is 2.31. The third-order valence-electron chi connectivity index (χ3n) is 4.47. The molecule has 0 aromatic heterocycles. The highest BCUT2D eigenvalue weighted by Crippen LogP contribution is 2.31. The van der Waals surface area contributed by atoms with E-state index in [1.54, 1.807) is 0 Å². The number of fused-ring (bicyclic) bond motifs is 1. The molecule has 0 amide bonds. The van der Waals surface area contributed by atoms with Crippen molar-refractivity contribution in [3.05, 3.63) is 29.3 Å². The van der Waals surface area contributed by atoms with Gasteiger partial charge in [0.15, 0.2) is 5.78 Å². The summed E-state index contributed by atoms with van der Waals surface area (Å²) in [6, 6.07) is 6.32. The predicted molar refractivity (Wildman–Crippen MR) is 84.6 cm³/mol. The fourth-order valence-electron chi connectivity index (χ4n) is 3.18. The molecule has 0 bridgehead atoms. The van der Waals surface area contributed by atoms with Crippen molar-refractivity contribution in [3.8, 4) is 0 Å². The van der Waals surface area contributed by atoms with Crippen molar-refractivity contribution in [1.82, 2.24) is 5.32 Å². The number of benzene rings is 1. The maximum absolute atomic E-state index is 12.4. The standard InChI is InChI=1S/C17H23NOS/c19-16(5-3-13-7-9-18-10-8-13)14-4-6-17-15(12-14)2-1-11-20-17/h4,6,12-13,18H,1-3,5,7-11H2. The largest absolute Gasteiger partial charge is 0.317 e. The van der Waals surface area contributed by atoms with Gasteiger partial charge in [0.05, 0.1) is 0 Å². The second-order valence-electron chi connectivity index (χ2n) is 5.93. The summed E-state index contributed by atoms with van der Waals surface area (Å²) < 4.78 is 0. The third-order valence-corrected chi connectivity index (χ3v) is 5.67. The maximum Gasteiger partial charge on any atom is 0.162 e. The van der Waals surface area contributed by atoms with E-state index in [2.05, 4.69) is 17.4 Å². The van der Waals surface area contributed by atoms with Crippen LogP contribution in [0.3, 0.4) is 0 Å². The van der Waals surface area contributed by atoms with Crippen LogP contribution in [0.2, 0.25) is 0 Å². The predicted octanol–water partition coefficient (Wildman–Crippen LogP) is 3.69. The summed E-state index contributed by atoms with van der Waals surface area (Å²) in [6.45, 7) is 2.24. The molecule has 0 saturated carbocycles. The molecule has 1 saturated heterocycles. The zero-order chi connectivity index (χ0) is 13.8. The molecule has 1 fully saturated rings. The number of ketones is 1. The number of Topliss-reactive ketones (excluding diaryl/α,β-unsaturated/α-hetero) is 1. The van der Waals surface area contributed by atoms with Crippen LogP contribution in [0.1, 0.15) is 48.0 Å². The number of rotatable bonds is 4. The number of piperidine rings is 1. The second-order valence-corrected chi connectivity index (χ2v) is 7.07. The Morgan fingerprint density at radius 1 is 1.30 bits per heavy atom. The SMILES string of the molecule is O=C(CCC1CCNCC1)c1ccc2c(c1)CCCS2. The molecule has 0 aliphatic carbocycles. The minimum atomic E-state index is 0.335. The van der Waals surface area contributed by atoms with Crippen molar-refractivity contribution >= 4 is 17.5 Å². The lowest BCUT2D eigenvalue weighted by molar-refractivity contribution is 0.0970. The number of carbonyl (C=O) groups is 1. The Morgan fingerprint density at radius 3 is 3.00 bits per heavy atom. The molecule has 3 rings (SSSR count). The van der Waals surface area contributed by atoms with Gasteiger partial charge in [-0.15, -0.1) is 11.8 Å². The highest BCUT2D eigenvalue weighted by atomic mass is 32.2. The first-order chi connectivity index (χ1) is 9.83. The van der Waals surface area contributed by atoms with Crippen LogP contribution in [-0.4, -0.2) is 24.6 Å². The van der Waals surface area contributed by atoms with Crippen molar-refractivity contribution in [3.63, 3.8) is 0 Å². The number of nitrogens with one attached hydrogen (secondary N) is 1. The Bertz CT molecular complexity index is 480. The molecular weight excluding hydrogens is 266 g/mol. The van der Waals surface area contributed by atoms with Gasteiger partial charge in [-0.05, 0) is 74.6 Å². The number of aryl methyl sites for hydroxylation is 1. The molecule has 0 unspecified atom stereocenters. The van der Waals surface area contributed by atoms with Crippen LogP contribution in [0.25, 0.3) is 0 Å². The fraction of sp³-hybridized carbons (Fsp3) is 0.588. The number of carbonyl (C=O) groups excluding carboxylic acids is 1. The molecular formula is C17H23NOS. The van der Waals surface area contributed by atoms with Gasteiger partial charge in [-0.2, -0.15) is 0 Å². The van der Waals surface area contributed by atoms with Crippen LogP contribution in [0.15, 0.2) is 23.1 Å². The lowest BCUT2D eigenvalue weighted by atomic mass is 9.91. The zero-order valence-electron chi connectivity index (χ0n) is 12.0. The Morgan fingerprint density at radius 2 is 2.15 bits per heavy atom. The van der Waals surface area contributed by atoms with Crippen LogP contribution < -0.4 is 5.32 Å². The average Bonchev–Trinajstić information content (AvgIpc) is 2.53. The van der Waals surface area contributed by atoms with Gasteiger partial charge in [0.2, 0.25) is 0 Å². The molecule has 0 radical (unpaired) electrons. The normalized spacial score (nSPS) is 19.6. The fourth-order valence-corrected chi connectivity index (χ4v) is 4.20. The van der Waals surface area contributed by atoms with E-state index in [0.717, 1.165) is 43.8 Å². The van der Waals surface area contributed by atoms with E-state index < -0.39 is 0 Å². The summed E-state index contributed by atoms with van der Waals surface area (Å²) in [7, 11) is 0. The summed E-state index contributed by atoms with van der Waals surface area (Å²) in [4.78, 5) is 13.7. The van der Waals surface area contributed by atoms with E-state index in [4.69, 9.17) is 0 Å². The van der Waals surface area contributed by atoms with Gasteiger partial charge in [-0.25, -0.2) is 0 Å². The van der Waals surface area contributed by atoms with E-state index in [-0.39, 0.29) is 0 Å². The maximum atomic E-state index is 12.4. The summed E-state index contributed by atoms with van der Waals surface area (Å²) in [6.07, 6.45) is 6.62. The molecule has 2 aliphatic heterocycles. The van der Waals surface area contributed by atoms with E-state index in [9.17, 15) is 4.79 Å². The van der Waals surface area contributed by atoms with Gasteiger partial charge in [0.1, 0.15) is 0 Å². The summed E-state index contributed by atoms with van der Waals surface area (Å²) in [5, 5.41) is 3.38. The Kier molecular flexibility index (Phi) is 4.79. The number of thioether (sulfide) groups is 1. The minimum Gasteiger partial charge on any atom is -0.317 e. The van der Waals surface area contributed by atoms with Crippen LogP contribution in [0.4, 0.5) is 0 Å². The molecule has 0 spiro atoms. The first-order valence-electron chi connectivity index (χ1n) is 7.82. The van der Waals surface area contributed by atoms with E-state index in [1.165, 1.54) is 35.5 Å². The van der Waals surface area contributed by atoms with Crippen LogP contribution in [0.5, 0.6) is 0 Å². The number of hydrogen-bond donors (Lipinski definition) is 1. The van der Waals surface area contributed by atoms with Crippen molar-refractivity contribution in [2.75, 3.05) is 18.8 Å². The second kappa shape index (κ2) is 6.77. The smallest absolute Gasteiger partial charge is 0.162 e. The zero-order valence-corrected chi connectivity index (χ0v) is 12.8. The van der Waals surface area contributed by atoms with E-state index in [0.29, 0.717) is 5.78 Å². The molecule has 0 atom stereocenters. The molecule has 20 heavy (non-hydrogen) atoms. The van der Waals surface area contributed by atoms with Gasteiger partial charge < -0.3 is 5.32 Å². The van der Waals surface area contributed by atoms with Crippen LogP contribution in [-0.2, 0) is 6.42 Å². The molecule has 2 heterocycles. The average molecular weight is 289 g/mol.